The molecule has 2 rings (SSSR count). The summed E-state index contributed by atoms with van der Waals surface area (Å²) in [4.78, 5) is 26.9. The molecule has 0 amide bonds. The van der Waals surface area contributed by atoms with E-state index < -0.39 is 21.1 Å². The Morgan fingerprint density at radius 2 is 1.72 bits per heavy atom. The van der Waals surface area contributed by atoms with Crippen LogP contribution in [0.2, 0.25) is 0 Å². The van der Waals surface area contributed by atoms with Gasteiger partial charge >= 0.3 is 11.1 Å². The van der Waals surface area contributed by atoms with Gasteiger partial charge in [0.05, 0.1) is 16.7 Å². The predicted octanol–water partition coefficient (Wildman–Crippen LogP) is 0.311. The van der Waals surface area contributed by atoms with Crippen LogP contribution in [0.15, 0.2) is 27.8 Å². The molecule has 18 heavy (non-hydrogen) atoms. The monoisotopic (exact) mass is 333 g/mol. The van der Waals surface area contributed by atoms with E-state index in [-0.39, 0.29) is 4.66 Å². The van der Waals surface area contributed by atoms with Gasteiger partial charge < -0.3 is 9.97 Å². The van der Waals surface area contributed by atoms with Crippen LogP contribution in [0.4, 0.5) is 5.69 Å². The third-order valence-corrected chi connectivity index (χ3v) is 4.78. The number of H-pyrrole nitrogens is 2. The highest BCUT2D eigenvalue weighted by Gasteiger charge is 2.08. The van der Waals surface area contributed by atoms with Crippen LogP contribution in [0.1, 0.15) is 0 Å². The van der Waals surface area contributed by atoms with Gasteiger partial charge in [-0.3, -0.25) is 14.3 Å². The van der Waals surface area contributed by atoms with E-state index in [4.69, 9.17) is 0 Å². The smallest absolute Gasteiger partial charge is 0.314 e. The highest BCUT2D eigenvalue weighted by atomic mass is 79.9. The van der Waals surface area contributed by atoms with Gasteiger partial charge in [0, 0.05) is 0 Å². The molecule has 0 saturated heterocycles. The van der Waals surface area contributed by atoms with Crippen molar-refractivity contribution in [3.05, 3.63) is 38.9 Å². The van der Waals surface area contributed by atoms with Crippen LogP contribution < -0.4 is 15.8 Å². The summed E-state index contributed by atoms with van der Waals surface area (Å²) in [6.07, 6.45) is 0. The Morgan fingerprint density at radius 1 is 1.11 bits per heavy atom. The molecule has 0 radical (unpaired) electrons. The number of benzene rings is 1. The fourth-order valence-corrected chi connectivity index (χ4v) is 2.27. The van der Waals surface area contributed by atoms with Gasteiger partial charge in [-0.15, -0.1) is 0 Å². The standard InChI is InChI=1S/C9H8BrN3O4S/c10-4-18(16,17)13-5-1-2-6-7(3-5)12-9(15)8(14)11-6/h1-3,13H,4H2,(H,11,14)(H,12,15). The lowest BCUT2D eigenvalue weighted by atomic mass is 10.3. The molecule has 2 aromatic rings. The lowest BCUT2D eigenvalue weighted by Crippen LogP contribution is -2.28. The second-order valence-corrected chi connectivity index (χ2v) is 6.52. The zero-order chi connectivity index (χ0) is 13.3. The van der Waals surface area contributed by atoms with Crippen LogP contribution in [-0.2, 0) is 10.0 Å². The molecule has 1 aromatic carbocycles. The topological polar surface area (TPSA) is 112 Å². The molecule has 96 valence electrons. The molecule has 0 saturated carbocycles. The van der Waals surface area contributed by atoms with Gasteiger partial charge in [0.25, 0.3) is 0 Å². The molecule has 0 aliphatic heterocycles. The first-order valence-corrected chi connectivity index (χ1v) is 7.51. The summed E-state index contributed by atoms with van der Waals surface area (Å²) >= 11 is 2.84. The molecule has 1 aromatic heterocycles. The maximum Gasteiger partial charge on any atom is 0.314 e. The van der Waals surface area contributed by atoms with E-state index in [2.05, 4.69) is 30.6 Å². The summed E-state index contributed by atoms with van der Waals surface area (Å²) in [5.74, 6) is 0. The molecule has 3 N–H and O–H groups in total. The molecular formula is C9H8BrN3O4S. The maximum atomic E-state index is 11.3. The van der Waals surface area contributed by atoms with Gasteiger partial charge in [0.1, 0.15) is 4.66 Å². The van der Waals surface area contributed by atoms with E-state index in [0.29, 0.717) is 16.7 Å². The number of hydrogen-bond acceptors (Lipinski definition) is 4. The Bertz CT molecular complexity index is 808. The van der Waals surface area contributed by atoms with Gasteiger partial charge in [-0.2, -0.15) is 0 Å². The third-order valence-electron chi connectivity index (χ3n) is 2.14. The lowest BCUT2D eigenvalue weighted by molar-refractivity contribution is 0.606. The largest absolute Gasteiger partial charge is 0.316 e. The van der Waals surface area contributed by atoms with E-state index in [9.17, 15) is 18.0 Å². The first-order chi connectivity index (χ1) is 8.41. The average Bonchev–Trinajstić information content (AvgIpc) is 2.31. The highest BCUT2D eigenvalue weighted by Crippen LogP contribution is 2.15. The number of halogens is 1. The molecule has 0 aliphatic carbocycles. The summed E-state index contributed by atoms with van der Waals surface area (Å²) in [6, 6.07) is 4.41. The molecule has 0 bridgehead atoms. The number of hydrogen-bond donors (Lipinski definition) is 3. The Balaban J connectivity index is 2.54. The summed E-state index contributed by atoms with van der Waals surface area (Å²) in [7, 11) is -3.46. The van der Waals surface area contributed by atoms with Gasteiger partial charge in [0.2, 0.25) is 10.0 Å². The zero-order valence-corrected chi connectivity index (χ0v) is 11.3. The van der Waals surface area contributed by atoms with Crippen molar-refractivity contribution in [1.82, 2.24) is 9.97 Å². The highest BCUT2D eigenvalue weighted by molar-refractivity contribution is 9.10. The predicted molar refractivity (Wildman–Crippen MR) is 71.5 cm³/mol. The van der Waals surface area contributed by atoms with Gasteiger partial charge in [-0.1, -0.05) is 15.9 Å². The summed E-state index contributed by atoms with van der Waals surface area (Å²) in [6.45, 7) is 0. The number of aromatic amines is 2. The van der Waals surface area contributed by atoms with E-state index in [1.165, 1.54) is 18.2 Å². The van der Waals surface area contributed by atoms with E-state index in [1.807, 2.05) is 0 Å². The Hall–Kier alpha value is -1.61. The van der Waals surface area contributed by atoms with Crippen molar-refractivity contribution in [2.45, 2.75) is 0 Å². The quantitative estimate of drug-likeness (QED) is 0.554. The lowest BCUT2D eigenvalue weighted by Gasteiger charge is -2.06. The minimum absolute atomic E-state index is 0.236. The van der Waals surface area contributed by atoms with Crippen LogP contribution in [0.5, 0.6) is 0 Å². The van der Waals surface area contributed by atoms with Crippen molar-refractivity contribution in [3.63, 3.8) is 0 Å². The van der Waals surface area contributed by atoms with Crippen molar-refractivity contribution in [2.24, 2.45) is 0 Å². The Kier molecular flexibility index (Phi) is 3.26. The second-order valence-electron chi connectivity index (χ2n) is 3.49. The SMILES string of the molecule is O=c1[nH]c2ccc(NS(=O)(=O)CBr)cc2[nH]c1=O. The van der Waals surface area contributed by atoms with Crippen LogP contribution in [0.3, 0.4) is 0 Å². The van der Waals surface area contributed by atoms with Crippen LogP contribution in [0.25, 0.3) is 11.0 Å². The summed E-state index contributed by atoms with van der Waals surface area (Å²) in [5.41, 5.74) is -0.486. The van der Waals surface area contributed by atoms with Gasteiger partial charge in [-0.05, 0) is 18.2 Å². The fraction of sp³-hybridized carbons (Fsp3) is 0.111. The molecular weight excluding hydrogens is 326 g/mol. The maximum absolute atomic E-state index is 11.3. The van der Waals surface area contributed by atoms with Crippen molar-refractivity contribution in [1.29, 1.82) is 0 Å². The Labute approximate surface area is 109 Å². The number of alkyl halides is 1. The van der Waals surface area contributed by atoms with Crippen molar-refractivity contribution >= 4 is 42.7 Å². The normalized spacial score (nSPS) is 11.6. The Morgan fingerprint density at radius 3 is 2.33 bits per heavy atom. The zero-order valence-electron chi connectivity index (χ0n) is 8.86. The van der Waals surface area contributed by atoms with E-state index >= 15 is 0 Å². The van der Waals surface area contributed by atoms with E-state index in [1.54, 1.807) is 0 Å². The van der Waals surface area contributed by atoms with Crippen molar-refractivity contribution in [3.8, 4) is 0 Å². The minimum Gasteiger partial charge on any atom is -0.316 e. The van der Waals surface area contributed by atoms with Crippen molar-refractivity contribution < 1.29 is 8.42 Å². The van der Waals surface area contributed by atoms with Crippen LogP contribution in [-0.4, -0.2) is 23.0 Å². The number of rotatable bonds is 3. The van der Waals surface area contributed by atoms with Crippen LogP contribution in [0, 0.1) is 0 Å². The van der Waals surface area contributed by atoms with E-state index in [0.717, 1.165) is 0 Å². The molecule has 1 heterocycles. The number of fused-ring (bicyclic) bond motifs is 1. The molecule has 0 fully saturated rings. The number of aromatic nitrogens is 2. The first kappa shape index (κ1) is 12.8. The first-order valence-electron chi connectivity index (χ1n) is 4.74. The van der Waals surface area contributed by atoms with Gasteiger partial charge in [-0.25, -0.2) is 8.42 Å². The summed E-state index contributed by atoms with van der Waals surface area (Å²) < 4.78 is 24.7. The minimum atomic E-state index is -3.46. The van der Waals surface area contributed by atoms with Crippen LogP contribution >= 0.6 is 15.9 Å². The summed E-state index contributed by atoms with van der Waals surface area (Å²) in [5, 5.41) is 0. The second kappa shape index (κ2) is 4.58. The average molecular weight is 334 g/mol. The molecule has 7 nitrogen and oxygen atoms in total. The number of nitrogens with one attached hydrogen (secondary N) is 3. The number of anilines is 1. The molecule has 0 atom stereocenters. The molecule has 0 spiro atoms. The van der Waals surface area contributed by atoms with Gasteiger partial charge in [0.15, 0.2) is 0 Å². The van der Waals surface area contributed by atoms with Crippen molar-refractivity contribution in [2.75, 3.05) is 9.38 Å². The fourth-order valence-electron chi connectivity index (χ4n) is 1.39. The molecule has 0 unspecified atom stereocenters. The molecule has 9 heteroatoms. The third kappa shape index (κ3) is 2.62. The molecule has 0 aliphatic rings. The number of sulfonamides is 1.